The fourth-order valence-corrected chi connectivity index (χ4v) is 4.25. The average molecular weight is 391 g/mol. The molecular weight excluding hydrogens is 369 g/mol. The van der Waals surface area contributed by atoms with E-state index in [-0.39, 0.29) is 28.2 Å². The van der Waals surface area contributed by atoms with E-state index in [9.17, 15) is 17.6 Å². The second-order valence-corrected chi connectivity index (χ2v) is 8.26. The van der Waals surface area contributed by atoms with Crippen molar-refractivity contribution >= 4 is 15.9 Å². The van der Waals surface area contributed by atoms with Crippen molar-refractivity contribution in [1.82, 2.24) is 10.2 Å². The molecule has 0 aliphatic carbocycles. The quantitative estimate of drug-likeness (QED) is 0.836. The van der Waals surface area contributed by atoms with Crippen LogP contribution in [0, 0.1) is 19.7 Å². The van der Waals surface area contributed by atoms with Crippen LogP contribution >= 0.6 is 0 Å². The second kappa shape index (κ2) is 7.38. The molecule has 0 saturated carbocycles. The van der Waals surface area contributed by atoms with Crippen molar-refractivity contribution in [2.45, 2.75) is 24.8 Å². The molecule has 3 N–H and O–H groups in total. The Hall–Kier alpha value is -2.29. The smallest absolute Gasteiger partial charge is 0.254 e. The minimum absolute atomic E-state index is 0.0525. The van der Waals surface area contributed by atoms with E-state index in [2.05, 4.69) is 5.32 Å². The number of carbonyl (C=O) groups excluding carboxylic acids is 1. The summed E-state index contributed by atoms with van der Waals surface area (Å²) in [4.78, 5) is 14.8. The van der Waals surface area contributed by atoms with Gasteiger partial charge in [0, 0.05) is 25.2 Å². The summed E-state index contributed by atoms with van der Waals surface area (Å²) in [5, 5.41) is 8.52. The Labute approximate surface area is 158 Å². The Morgan fingerprint density at radius 3 is 2.67 bits per heavy atom. The molecule has 0 bridgehead atoms. The first-order chi connectivity index (χ1) is 12.7. The number of carbonyl (C=O) groups is 1. The number of hydrogen-bond donors (Lipinski definition) is 2. The van der Waals surface area contributed by atoms with E-state index in [0.29, 0.717) is 36.3 Å². The molecule has 3 rings (SSSR count). The summed E-state index contributed by atoms with van der Waals surface area (Å²) in [5.74, 6) is -0.674. The largest absolute Gasteiger partial charge is 0.329 e. The number of hydrogen-bond acceptors (Lipinski definition) is 4. The third kappa shape index (κ3) is 4.02. The fraction of sp³-hybridized carbons (Fsp3) is 0.316. The van der Waals surface area contributed by atoms with Crippen molar-refractivity contribution in [3.63, 3.8) is 0 Å². The molecule has 1 saturated heterocycles. The van der Waals surface area contributed by atoms with Gasteiger partial charge in [-0.05, 0) is 54.8 Å². The predicted molar refractivity (Wildman–Crippen MR) is 100 cm³/mol. The summed E-state index contributed by atoms with van der Waals surface area (Å²) >= 11 is 0. The summed E-state index contributed by atoms with van der Waals surface area (Å²) in [7, 11) is -3.95. The van der Waals surface area contributed by atoms with E-state index in [4.69, 9.17) is 5.14 Å². The van der Waals surface area contributed by atoms with Gasteiger partial charge in [0.05, 0.1) is 10.9 Å². The molecule has 1 aliphatic heterocycles. The Balaban J connectivity index is 2.02. The monoisotopic (exact) mass is 391 g/mol. The van der Waals surface area contributed by atoms with Crippen molar-refractivity contribution in [1.29, 1.82) is 0 Å². The lowest BCUT2D eigenvalue weighted by Crippen LogP contribution is -2.48. The van der Waals surface area contributed by atoms with Gasteiger partial charge in [-0.25, -0.2) is 17.9 Å². The van der Waals surface area contributed by atoms with Crippen LogP contribution in [0.5, 0.6) is 0 Å². The van der Waals surface area contributed by atoms with E-state index >= 15 is 0 Å². The molecule has 1 heterocycles. The van der Waals surface area contributed by atoms with Crippen LogP contribution in [0.2, 0.25) is 0 Å². The van der Waals surface area contributed by atoms with Gasteiger partial charge in [0.1, 0.15) is 5.82 Å². The highest BCUT2D eigenvalue weighted by Crippen LogP contribution is 2.27. The molecule has 2 aromatic rings. The maximum Gasteiger partial charge on any atom is 0.254 e. The molecule has 1 fully saturated rings. The lowest BCUT2D eigenvalue weighted by atomic mass is 10.0. The number of sulfonamides is 1. The van der Waals surface area contributed by atoms with Crippen LogP contribution in [0.3, 0.4) is 0 Å². The van der Waals surface area contributed by atoms with Crippen molar-refractivity contribution in [2.24, 2.45) is 5.14 Å². The number of piperazine rings is 1. The molecule has 8 heteroatoms. The first-order valence-corrected chi connectivity index (χ1v) is 10.1. The number of halogens is 1. The van der Waals surface area contributed by atoms with Crippen molar-refractivity contribution in [3.8, 4) is 0 Å². The summed E-state index contributed by atoms with van der Waals surface area (Å²) < 4.78 is 37.4. The molecule has 1 atom stereocenters. The Kier molecular flexibility index (Phi) is 5.32. The zero-order valence-electron chi connectivity index (χ0n) is 15.2. The minimum atomic E-state index is -3.95. The van der Waals surface area contributed by atoms with Crippen LogP contribution in [-0.2, 0) is 10.0 Å². The molecule has 144 valence electrons. The standard InChI is InChI=1S/C19H22FN3O3S/c1-12-8-15(10-18(13(12)2)27(21,25)26)19(24)23-7-6-22-11-17(23)14-4-3-5-16(20)9-14/h3-5,8-10,17,22H,6-7,11H2,1-2H3,(H2,21,25,26). The molecule has 0 radical (unpaired) electrons. The Morgan fingerprint density at radius 2 is 2.00 bits per heavy atom. The highest BCUT2D eigenvalue weighted by Gasteiger charge is 2.30. The topological polar surface area (TPSA) is 92.5 Å². The molecule has 0 aromatic heterocycles. The first kappa shape index (κ1) is 19.5. The first-order valence-electron chi connectivity index (χ1n) is 8.59. The fourth-order valence-electron chi connectivity index (χ4n) is 3.37. The van der Waals surface area contributed by atoms with E-state index in [1.54, 1.807) is 36.9 Å². The lowest BCUT2D eigenvalue weighted by Gasteiger charge is -2.36. The van der Waals surface area contributed by atoms with Gasteiger partial charge in [0.25, 0.3) is 5.91 Å². The number of nitrogens with one attached hydrogen (secondary N) is 1. The zero-order chi connectivity index (χ0) is 19.8. The highest BCUT2D eigenvalue weighted by molar-refractivity contribution is 7.89. The second-order valence-electron chi connectivity index (χ2n) is 6.73. The molecule has 1 unspecified atom stereocenters. The van der Waals surface area contributed by atoms with E-state index in [0.717, 1.165) is 0 Å². The van der Waals surface area contributed by atoms with Crippen LogP contribution in [0.1, 0.15) is 33.1 Å². The van der Waals surface area contributed by atoms with Gasteiger partial charge in [-0.2, -0.15) is 0 Å². The van der Waals surface area contributed by atoms with Gasteiger partial charge in [0.2, 0.25) is 10.0 Å². The number of aryl methyl sites for hydroxylation is 1. The molecule has 1 aliphatic rings. The van der Waals surface area contributed by atoms with E-state index < -0.39 is 10.0 Å². The van der Waals surface area contributed by atoms with Crippen LogP contribution in [0.4, 0.5) is 4.39 Å². The molecule has 6 nitrogen and oxygen atoms in total. The van der Waals surface area contributed by atoms with E-state index in [1.807, 2.05) is 0 Å². The maximum absolute atomic E-state index is 13.7. The van der Waals surface area contributed by atoms with Gasteiger partial charge in [-0.3, -0.25) is 4.79 Å². The number of rotatable bonds is 3. The van der Waals surface area contributed by atoms with Crippen LogP contribution in [-0.4, -0.2) is 38.9 Å². The highest BCUT2D eigenvalue weighted by atomic mass is 32.2. The number of amides is 1. The van der Waals surface area contributed by atoms with Gasteiger partial charge in [-0.1, -0.05) is 12.1 Å². The van der Waals surface area contributed by atoms with Crippen molar-refractivity contribution in [2.75, 3.05) is 19.6 Å². The molecular formula is C19H22FN3O3S. The number of primary sulfonamides is 1. The number of benzene rings is 2. The number of nitrogens with two attached hydrogens (primary N) is 1. The SMILES string of the molecule is Cc1cc(C(=O)N2CCNCC2c2cccc(F)c2)cc(S(N)(=O)=O)c1C. The van der Waals surface area contributed by atoms with E-state index in [1.165, 1.54) is 18.2 Å². The normalized spacial score (nSPS) is 17.8. The average Bonchev–Trinajstić information content (AvgIpc) is 2.62. The molecule has 2 aromatic carbocycles. The van der Waals surface area contributed by atoms with Crippen molar-refractivity contribution < 1.29 is 17.6 Å². The minimum Gasteiger partial charge on any atom is -0.329 e. The van der Waals surface area contributed by atoms with Crippen LogP contribution in [0.25, 0.3) is 0 Å². The van der Waals surface area contributed by atoms with Crippen LogP contribution in [0.15, 0.2) is 41.3 Å². The van der Waals surface area contributed by atoms with Crippen molar-refractivity contribution in [3.05, 3.63) is 64.5 Å². The molecule has 27 heavy (non-hydrogen) atoms. The van der Waals surface area contributed by atoms with Gasteiger partial charge in [-0.15, -0.1) is 0 Å². The van der Waals surface area contributed by atoms with Crippen LogP contribution < -0.4 is 10.5 Å². The summed E-state index contributed by atoms with van der Waals surface area (Å²) in [6.07, 6.45) is 0. The summed E-state index contributed by atoms with van der Waals surface area (Å²) in [5.41, 5.74) is 2.13. The Bertz CT molecular complexity index is 992. The van der Waals surface area contributed by atoms with Gasteiger partial charge >= 0.3 is 0 Å². The molecule has 0 spiro atoms. The Morgan fingerprint density at radius 1 is 1.26 bits per heavy atom. The summed E-state index contributed by atoms with van der Waals surface area (Å²) in [6, 6.07) is 8.79. The third-order valence-electron chi connectivity index (χ3n) is 4.91. The summed E-state index contributed by atoms with van der Waals surface area (Å²) in [6.45, 7) is 4.91. The zero-order valence-corrected chi connectivity index (χ0v) is 16.0. The third-order valence-corrected chi connectivity index (χ3v) is 5.95. The van der Waals surface area contributed by atoms with Gasteiger partial charge < -0.3 is 10.2 Å². The number of nitrogens with zero attached hydrogens (tertiary/aromatic N) is 1. The maximum atomic E-state index is 13.7. The molecule has 1 amide bonds. The lowest BCUT2D eigenvalue weighted by molar-refractivity contribution is 0.0633. The van der Waals surface area contributed by atoms with Gasteiger partial charge in [0.15, 0.2) is 0 Å². The predicted octanol–water partition coefficient (Wildman–Crippen LogP) is 1.88.